The molecule has 0 atom stereocenters. The summed E-state index contributed by atoms with van der Waals surface area (Å²) in [5.74, 6) is 0.686. The van der Waals surface area contributed by atoms with E-state index in [2.05, 4.69) is 27.5 Å². The maximum absolute atomic E-state index is 12.1. The Labute approximate surface area is 128 Å². The van der Waals surface area contributed by atoms with Gasteiger partial charge < -0.3 is 10.6 Å². The van der Waals surface area contributed by atoms with Crippen LogP contribution in [-0.4, -0.2) is 22.4 Å². The molecule has 0 saturated heterocycles. The van der Waals surface area contributed by atoms with Crippen molar-refractivity contribution in [3.05, 3.63) is 34.5 Å². The van der Waals surface area contributed by atoms with Gasteiger partial charge in [0, 0.05) is 12.7 Å². The summed E-state index contributed by atoms with van der Waals surface area (Å²) >= 11 is 1.35. The monoisotopic (exact) mass is 304 g/mol. The SMILES string of the molecule is CCCCNC(=O)c1sc(Nc2cc(C)ccn2)nc1C. The maximum Gasteiger partial charge on any atom is 0.263 e. The highest BCUT2D eigenvalue weighted by atomic mass is 32.1. The molecule has 0 bridgehead atoms. The number of carbonyl (C=O) groups is 1. The summed E-state index contributed by atoms with van der Waals surface area (Å²) in [6.45, 7) is 6.66. The molecule has 0 aromatic carbocycles. The highest BCUT2D eigenvalue weighted by Crippen LogP contribution is 2.25. The zero-order valence-corrected chi connectivity index (χ0v) is 13.4. The zero-order chi connectivity index (χ0) is 15.2. The third kappa shape index (κ3) is 4.26. The van der Waals surface area contributed by atoms with Crippen LogP contribution < -0.4 is 10.6 Å². The lowest BCUT2D eigenvalue weighted by molar-refractivity contribution is 0.0956. The van der Waals surface area contributed by atoms with E-state index in [-0.39, 0.29) is 5.91 Å². The maximum atomic E-state index is 12.1. The minimum absolute atomic E-state index is 0.0521. The van der Waals surface area contributed by atoms with Crippen LogP contribution in [0.4, 0.5) is 10.9 Å². The molecule has 0 spiro atoms. The van der Waals surface area contributed by atoms with Crippen molar-refractivity contribution in [2.24, 2.45) is 0 Å². The first-order valence-electron chi connectivity index (χ1n) is 7.05. The van der Waals surface area contributed by atoms with E-state index in [4.69, 9.17) is 0 Å². The highest BCUT2D eigenvalue weighted by molar-refractivity contribution is 7.17. The lowest BCUT2D eigenvalue weighted by Gasteiger charge is -2.02. The average Bonchev–Trinajstić information content (AvgIpc) is 2.80. The number of unbranched alkanes of at least 4 members (excludes halogenated alkanes) is 1. The van der Waals surface area contributed by atoms with Gasteiger partial charge in [-0.2, -0.15) is 0 Å². The molecule has 0 aliphatic carbocycles. The molecule has 0 aliphatic rings. The van der Waals surface area contributed by atoms with Crippen LogP contribution in [0.1, 0.15) is 40.7 Å². The fourth-order valence-electron chi connectivity index (χ4n) is 1.83. The van der Waals surface area contributed by atoms with E-state index in [1.165, 1.54) is 11.3 Å². The molecule has 2 heterocycles. The largest absolute Gasteiger partial charge is 0.351 e. The van der Waals surface area contributed by atoms with Crippen LogP contribution >= 0.6 is 11.3 Å². The van der Waals surface area contributed by atoms with Crippen LogP contribution in [-0.2, 0) is 0 Å². The first-order chi connectivity index (χ1) is 10.1. The summed E-state index contributed by atoms with van der Waals surface area (Å²) in [7, 11) is 0. The van der Waals surface area contributed by atoms with Crippen molar-refractivity contribution < 1.29 is 4.79 Å². The van der Waals surface area contributed by atoms with Gasteiger partial charge in [-0.15, -0.1) is 0 Å². The normalized spacial score (nSPS) is 10.4. The Bertz CT molecular complexity index is 624. The fourth-order valence-corrected chi connectivity index (χ4v) is 2.72. The summed E-state index contributed by atoms with van der Waals surface area (Å²) in [6.07, 6.45) is 3.80. The van der Waals surface area contributed by atoms with Gasteiger partial charge in [-0.3, -0.25) is 4.79 Å². The summed E-state index contributed by atoms with van der Waals surface area (Å²) in [6, 6.07) is 3.88. The number of nitrogens with zero attached hydrogens (tertiary/aromatic N) is 2. The van der Waals surface area contributed by atoms with Crippen LogP contribution in [0.15, 0.2) is 18.3 Å². The Hall–Kier alpha value is -1.95. The van der Waals surface area contributed by atoms with E-state index in [1.807, 2.05) is 26.0 Å². The van der Waals surface area contributed by atoms with Gasteiger partial charge in [0.2, 0.25) is 0 Å². The molecule has 5 nitrogen and oxygen atoms in total. The minimum atomic E-state index is -0.0521. The van der Waals surface area contributed by atoms with Crippen molar-refractivity contribution in [2.45, 2.75) is 33.6 Å². The topological polar surface area (TPSA) is 66.9 Å². The van der Waals surface area contributed by atoms with E-state index in [0.29, 0.717) is 16.6 Å². The van der Waals surface area contributed by atoms with Crippen molar-refractivity contribution in [2.75, 3.05) is 11.9 Å². The number of rotatable bonds is 6. The van der Waals surface area contributed by atoms with E-state index in [9.17, 15) is 4.79 Å². The second-order valence-corrected chi connectivity index (χ2v) is 5.89. The van der Waals surface area contributed by atoms with Gasteiger partial charge in [0.05, 0.1) is 5.69 Å². The molecule has 0 fully saturated rings. The minimum Gasteiger partial charge on any atom is -0.351 e. The van der Waals surface area contributed by atoms with Gasteiger partial charge in [0.1, 0.15) is 10.7 Å². The van der Waals surface area contributed by atoms with Crippen molar-refractivity contribution in [1.29, 1.82) is 0 Å². The van der Waals surface area contributed by atoms with Crippen LogP contribution in [0, 0.1) is 13.8 Å². The Morgan fingerprint density at radius 3 is 2.90 bits per heavy atom. The number of thiazole rings is 1. The third-order valence-electron chi connectivity index (χ3n) is 2.97. The average molecular weight is 304 g/mol. The van der Waals surface area contributed by atoms with Crippen LogP contribution in [0.3, 0.4) is 0 Å². The number of amides is 1. The molecular formula is C15H20N4OS. The van der Waals surface area contributed by atoms with E-state index in [0.717, 1.165) is 29.9 Å². The van der Waals surface area contributed by atoms with Gasteiger partial charge >= 0.3 is 0 Å². The van der Waals surface area contributed by atoms with Crippen molar-refractivity contribution >= 4 is 28.2 Å². The summed E-state index contributed by atoms with van der Waals surface area (Å²) in [5.41, 5.74) is 1.86. The first-order valence-corrected chi connectivity index (χ1v) is 7.87. The molecule has 2 aromatic rings. The Kier molecular flexibility index (Phi) is 5.27. The number of hydrogen-bond acceptors (Lipinski definition) is 5. The summed E-state index contributed by atoms with van der Waals surface area (Å²) < 4.78 is 0. The van der Waals surface area contributed by atoms with Crippen molar-refractivity contribution in [1.82, 2.24) is 15.3 Å². The van der Waals surface area contributed by atoms with Gasteiger partial charge in [-0.25, -0.2) is 9.97 Å². The number of pyridine rings is 1. The van der Waals surface area contributed by atoms with Crippen molar-refractivity contribution in [3.8, 4) is 0 Å². The van der Waals surface area contributed by atoms with Gasteiger partial charge in [0.15, 0.2) is 5.13 Å². The number of aromatic nitrogens is 2. The van der Waals surface area contributed by atoms with Crippen molar-refractivity contribution in [3.63, 3.8) is 0 Å². The van der Waals surface area contributed by atoms with Gasteiger partial charge in [-0.05, 0) is 38.0 Å². The molecule has 0 unspecified atom stereocenters. The number of carbonyl (C=O) groups excluding carboxylic acids is 1. The summed E-state index contributed by atoms with van der Waals surface area (Å²) in [5, 5.41) is 6.75. The molecule has 1 amide bonds. The number of hydrogen-bond donors (Lipinski definition) is 2. The molecule has 0 aliphatic heterocycles. The molecule has 0 radical (unpaired) electrons. The van der Waals surface area contributed by atoms with Crippen LogP contribution in [0.5, 0.6) is 0 Å². The quantitative estimate of drug-likeness (QED) is 0.802. The molecular weight excluding hydrogens is 284 g/mol. The Morgan fingerprint density at radius 2 is 2.19 bits per heavy atom. The predicted molar refractivity (Wildman–Crippen MR) is 86.3 cm³/mol. The van der Waals surface area contributed by atoms with E-state index >= 15 is 0 Å². The lowest BCUT2D eigenvalue weighted by Crippen LogP contribution is -2.24. The number of aryl methyl sites for hydroxylation is 2. The Morgan fingerprint density at radius 1 is 1.38 bits per heavy atom. The molecule has 21 heavy (non-hydrogen) atoms. The fraction of sp³-hybridized carbons (Fsp3) is 0.400. The first kappa shape index (κ1) is 15.4. The van der Waals surface area contributed by atoms with Crippen LogP contribution in [0.2, 0.25) is 0 Å². The zero-order valence-electron chi connectivity index (χ0n) is 12.6. The van der Waals surface area contributed by atoms with Gasteiger partial charge in [-0.1, -0.05) is 24.7 Å². The smallest absolute Gasteiger partial charge is 0.263 e. The molecule has 112 valence electrons. The number of nitrogens with one attached hydrogen (secondary N) is 2. The predicted octanol–water partition coefficient (Wildman–Crippen LogP) is 3.43. The standard InChI is InChI=1S/C15H20N4OS/c1-4-5-7-17-14(20)13-11(3)18-15(21-13)19-12-9-10(2)6-8-16-12/h6,8-9H,4-5,7H2,1-3H3,(H,17,20)(H,16,18,19). The highest BCUT2D eigenvalue weighted by Gasteiger charge is 2.15. The van der Waals surface area contributed by atoms with E-state index < -0.39 is 0 Å². The van der Waals surface area contributed by atoms with Gasteiger partial charge in [0.25, 0.3) is 5.91 Å². The number of anilines is 2. The second kappa shape index (κ2) is 7.17. The molecule has 6 heteroatoms. The second-order valence-electron chi connectivity index (χ2n) is 4.89. The Balaban J connectivity index is 2.06. The molecule has 2 rings (SSSR count). The third-order valence-corrected chi connectivity index (χ3v) is 4.04. The van der Waals surface area contributed by atoms with E-state index in [1.54, 1.807) is 6.20 Å². The molecule has 2 N–H and O–H groups in total. The lowest BCUT2D eigenvalue weighted by atomic mass is 10.3. The summed E-state index contributed by atoms with van der Waals surface area (Å²) in [4.78, 5) is 21.4. The molecule has 2 aromatic heterocycles. The van der Waals surface area contributed by atoms with Crippen LogP contribution in [0.25, 0.3) is 0 Å². The molecule has 0 saturated carbocycles.